The van der Waals surface area contributed by atoms with Gasteiger partial charge in [0.05, 0.1) is 5.69 Å². The van der Waals surface area contributed by atoms with Crippen LogP contribution in [0.3, 0.4) is 0 Å². The molecule has 2 nitrogen and oxygen atoms in total. The summed E-state index contributed by atoms with van der Waals surface area (Å²) in [5, 5.41) is 0. The summed E-state index contributed by atoms with van der Waals surface area (Å²) in [6.07, 6.45) is 0. The molecule has 0 N–H and O–H groups in total. The lowest BCUT2D eigenvalue weighted by atomic mass is 9.53. The van der Waals surface area contributed by atoms with E-state index in [-0.39, 0.29) is 0 Å². The van der Waals surface area contributed by atoms with Gasteiger partial charge >= 0.3 is 0 Å². The molecule has 0 bridgehead atoms. The zero-order valence-corrected chi connectivity index (χ0v) is 9.94. The normalized spacial score (nSPS) is 10.2. The van der Waals surface area contributed by atoms with Crippen LogP contribution < -0.4 is 11.2 Å². The smallest absolute Gasteiger partial charge is 0.141 e. The molecule has 0 aliphatic rings. The Hall–Kier alpha value is -1.51. The van der Waals surface area contributed by atoms with Crippen LogP contribution in [0.2, 0.25) is 0 Å². The summed E-state index contributed by atoms with van der Waals surface area (Å²) in [6.45, 7) is 3.92. The summed E-state index contributed by atoms with van der Waals surface area (Å²) >= 11 is 0. The number of pyridine rings is 2. The predicted octanol–water partition coefficient (Wildman–Crippen LogP) is -0.0328. The molecule has 0 saturated carbocycles. The van der Waals surface area contributed by atoms with Gasteiger partial charge in [0.15, 0.2) is 0 Å². The Kier molecular flexibility index (Phi) is 3.37. The molecule has 0 atom stereocenters. The molecule has 0 spiro atoms. The molecule has 77 valence electrons. The zero-order chi connectivity index (χ0) is 12.4. The molecule has 0 unspecified atom stereocenters. The molecule has 0 aromatic carbocycles. The minimum Gasteiger partial charge on any atom is -0.270 e. The molecule has 0 fully saturated rings. The van der Waals surface area contributed by atoms with E-state index < -0.39 is 0 Å². The molecule has 5 heteroatoms. The Morgan fingerprint density at radius 2 is 1.82 bits per heavy atom. The van der Waals surface area contributed by atoms with Gasteiger partial charge in [0.25, 0.3) is 0 Å². The van der Waals surface area contributed by atoms with Crippen LogP contribution >= 0.6 is 0 Å². The summed E-state index contributed by atoms with van der Waals surface area (Å²) in [7, 11) is 12.7. The molecule has 0 aliphatic heterocycles. The van der Waals surface area contributed by atoms with Gasteiger partial charge in [0.2, 0.25) is 0 Å². The molecular weight excluding hydrogens is 205 g/mol. The van der Waals surface area contributed by atoms with Crippen molar-refractivity contribution >= 4 is 33.9 Å². The van der Waals surface area contributed by atoms with Gasteiger partial charge in [-0.2, -0.15) is 0 Å². The first-order valence-electron chi connectivity index (χ1n) is 5.36. The summed E-state index contributed by atoms with van der Waals surface area (Å²) < 4.78 is 0. The van der Waals surface area contributed by atoms with Gasteiger partial charge in [0, 0.05) is 19.0 Å². The van der Waals surface area contributed by atoms with Gasteiger partial charge in [-0.1, -0.05) is 0 Å². The van der Waals surface area contributed by atoms with Crippen LogP contribution in [0.5, 0.6) is 0 Å². The van der Waals surface area contributed by atoms with Crippen molar-refractivity contribution in [3.8, 4) is 11.3 Å². The van der Waals surface area contributed by atoms with Crippen LogP contribution in [0.1, 0.15) is 11.3 Å². The van der Waals surface area contributed by atoms with Crippen LogP contribution in [0, 0.1) is 13.8 Å². The molecule has 2 aromatic heterocycles. The van der Waals surface area contributed by atoms with E-state index in [9.17, 15) is 0 Å². The van der Waals surface area contributed by atoms with E-state index in [1.807, 2.05) is 38.1 Å². The van der Waals surface area contributed by atoms with Crippen LogP contribution in [0.15, 0.2) is 24.3 Å². The highest BCUT2D eigenvalue weighted by atomic mass is 14.7. The van der Waals surface area contributed by atoms with Crippen molar-refractivity contribution in [2.75, 3.05) is 0 Å². The summed E-state index contributed by atoms with van der Waals surface area (Å²) in [4.78, 5) is 8.60. The van der Waals surface area contributed by atoms with Crippen molar-refractivity contribution in [1.29, 1.82) is 0 Å². The number of hydrogen-bond donors (Lipinski definition) is 0. The lowest BCUT2D eigenvalue weighted by molar-refractivity contribution is 1.23. The van der Waals surface area contributed by atoms with Crippen molar-refractivity contribution in [1.82, 2.24) is 9.97 Å². The fraction of sp³-hybridized carbons (Fsp3) is 0.167. The fourth-order valence-electron chi connectivity index (χ4n) is 1.77. The third kappa shape index (κ3) is 2.79. The number of hydrogen-bond acceptors (Lipinski definition) is 2. The lowest BCUT2D eigenvalue weighted by Gasteiger charge is -2.07. The highest BCUT2D eigenvalue weighted by Gasteiger charge is 2.04. The van der Waals surface area contributed by atoms with E-state index in [1.165, 1.54) is 7.17 Å². The average molecular weight is 215 g/mol. The quantitative estimate of drug-likeness (QED) is 0.657. The predicted molar refractivity (Wildman–Crippen MR) is 73.5 cm³/mol. The number of aromatic nitrogens is 2. The third-order valence-electron chi connectivity index (χ3n) is 2.43. The second-order valence-electron chi connectivity index (χ2n) is 4.04. The van der Waals surface area contributed by atoms with Gasteiger partial charge in [-0.05, 0) is 54.9 Å². The zero-order valence-electron chi connectivity index (χ0n) is 9.94. The second kappa shape index (κ2) is 4.78. The Morgan fingerprint density at radius 3 is 2.47 bits per heavy atom. The molecule has 0 amide bonds. The van der Waals surface area contributed by atoms with Crippen LogP contribution in [-0.2, 0) is 0 Å². The summed E-state index contributed by atoms with van der Waals surface area (Å²) in [6, 6.07) is 7.70. The molecule has 2 rings (SSSR count). The first-order valence-corrected chi connectivity index (χ1v) is 5.36. The van der Waals surface area contributed by atoms with Gasteiger partial charge in [0.1, 0.15) is 15.0 Å². The first-order chi connectivity index (χ1) is 8.08. The molecular formula is C12H10B3N2. The maximum Gasteiger partial charge on any atom is 0.141 e. The lowest BCUT2D eigenvalue weighted by Crippen LogP contribution is -2.20. The highest BCUT2D eigenvalue weighted by Crippen LogP contribution is 2.16. The van der Waals surface area contributed by atoms with Gasteiger partial charge in [-0.3, -0.25) is 9.97 Å². The van der Waals surface area contributed by atoms with Crippen molar-refractivity contribution in [2.24, 2.45) is 0 Å². The van der Waals surface area contributed by atoms with E-state index in [2.05, 4.69) is 9.97 Å². The van der Waals surface area contributed by atoms with E-state index in [1.54, 1.807) is 0 Å². The number of rotatable bonds is 2. The van der Waals surface area contributed by atoms with Crippen molar-refractivity contribution in [2.45, 2.75) is 13.8 Å². The topological polar surface area (TPSA) is 25.8 Å². The van der Waals surface area contributed by atoms with Crippen LogP contribution in [-0.4, -0.2) is 32.7 Å². The molecule has 2 heterocycles. The number of nitrogens with zero attached hydrogens (tertiary/aromatic N) is 2. The monoisotopic (exact) mass is 215 g/mol. The first kappa shape index (κ1) is 12.0. The average Bonchev–Trinajstić information content (AvgIpc) is 2.26. The fourth-order valence-corrected chi connectivity index (χ4v) is 1.77. The van der Waals surface area contributed by atoms with Crippen molar-refractivity contribution < 1.29 is 0 Å². The highest BCUT2D eigenvalue weighted by molar-refractivity contribution is 6.97. The Morgan fingerprint density at radius 1 is 1.06 bits per heavy atom. The van der Waals surface area contributed by atoms with E-state index in [0.717, 1.165) is 28.1 Å². The Balaban J connectivity index is 2.55. The number of aryl methyl sites for hydroxylation is 2. The minimum absolute atomic E-state index is 0.521. The largest absolute Gasteiger partial charge is 0.270 e. The second-order valence-corrected chi connectivity index (χ2v) is 4.04. The summed E-state index contributed by atoms with van der Waals surface area (Å²) in [5.74, 6) is 0. The minimum atomic E-state index is 0.521. The van der Waals surface area contributed by atoms with Gasteiger partial charge in [-0.25, -0.2) is 0 Å². The molecule has 2 aromatic rings. The molecule has 5 radical (unpaired) electrons. The maximum atomic E-state index is 5.75. The van der Waals surface area contributed by atoms with E-state index >= 15 is 0 Å². The maximum absolute atomic E-state index is 5.75. The van der Waals surface area contributed by atoms with Crippen LogP contribution in [0.25, 0.3) is 11.3 Å². The molecule has 0 saturated heterocycles. The van der Waals surface area contributed by atoms with Crippen LogP contribution in [0.4, 0.5) is 0 Å². The Labute approximate surface area is 105 Å². The Bertz CT molecular complexity index is 535. The van der Waals surface area contributed by atoms with E-state index in [4.69, 9.17) is 15.6 Å². The standard InChI is InChI=1S/C12H10B3N2/c1-7-3-10(17-11(13)4-7)9-5-8(2)16-12(6-9)15-14/h3-6H,1-2H3. The summed E-state index contributed by atoms with van der Waals surface area (Å²) in [5.41, 5.74) is 5.07. The third-order valence-corrected chi connectivity index (χ3v) is 2.43. The molecule has 0 aliphatic carbocycles. The molecule has 17 heavy (non-hydrogen) atoms. The van der Waals surface area contributed by atoms with E-state index in [0.29, 0.717) is 5.59 Å². The SMILES string of the molecule is [B][B]c1cc(-c2cc(C)cc([B])n2)cc(C)n1. The van der Waals surface area contributed by atoms with Crippen molar-refractivity contribution in [3.05, 3.63) is 35.5 Å². The van der Waals surface area contributed by atoms with Crippen molar-refractivity contribution in [3.63, 3.8) is 0 Å². The van der Waals surface area contributed by atoms with Gasteiger partial charge < -0.3 is 0 Å². The van der Waals surface area contributed by atoms with Gasteiger partial charge in [-0.15, -0.1) is 0 Å².